The topological polar surface area (TPSA) is 92.3 Å². The molecule has 0 radical (unpaired) electrons. The van der Waals surface area contributed by atoms with Gasteiger partial charge in [0.05, 0.1) is 6.26 Å². The van der Waals surface area contributed by atoms with Gasteiger partial charge in [0.15, 0.2) is 0 Å². The summed E-state index contributed by atoms with van der Waals surface area (Å²) in [5.41, 5.74) is 0.766. The molecule has 1 aromatic heterocycles. The zero-order valence-electron chi connectivity index (χ0n) is 14.0. The summed E-state index contributed by atoms with van der Waals surface area (Å²) < 4.78 is 25.0. The molecule has 1 saturated heterocycles. The van der Waals surface area contributed by atoms with Crippen molar-refractivity contribution in [1.82, 2.24) is 14.3 Å². The Morgan fingerprint density at radius 2 is 2.04 bits per heavy atom. The van der Waals surface area contributed by atoms with E-state index in [1.54, 1.807) is 6.07 Å². The molecule has 2 heterocycles. The van der Waals surface area contributed by atoms with E-state index in [0.717, 1.165) is 24.8 Å². The highest BCUT2D eigenvalue weighted by molar-refractivity contribution is 7.88. The Morgan fingerprint density at radius 1 is 1.35 bits per heavy atom. The van der Waals surface area contributed by atoms with E-state index in [2.05, 4.69) is 15.3 Å². The Bertz CT molecular complexity index is 688. The van der Waals surface area contributed by atoms with Gasteiger partial charge in [-0.25, -0.2) is 18.4 Å². The van der Waals surface area contributed by atoms with Gasteiger partial charge in [-0.15, -0.1) is 0 Å². The molecule has 0 saturated carbocycles. The molecular weight excluding hydrogens is 316 g/mol. The molecule has 0 aromatic carbocycles. The number of nitrogens with one attached hydrogen (secondary N) is 1. The van der Waals surface area contributed by atoms with E-state index in [1.165, 1.54) is 4.31 Å². The number of carbonyl (C=O) groups is 1. The normalized spacial score (nSPS) is 19.8. The Hall–Kier alpha value is -1.54. The molecule has 23 heavy (non-hydrogen) atoms. The number of hydrogen-bond donors (Lipinski definition) is 1. The van der Waals surface area contributed by atoms with Gasteiger partial charge in [-0.1, -0.05) is 20.3 Å². The maximum absolute atomic E-state index is 12.5. The van der Waals surface area contributed by atoms with Gasteiger partial charge in [-0.2, -0.15) is 4.31 Å². The first kappa shape index (κ1) is 17.8. The first-order valence-electron chi connectivity index (χ1n) is 7.81. The van der Waals surface area contributed by atoms with Crippen LogP contribution in [-0.4, -0.2) is 47.4 Å². The van der Waals surface area contributed by atoms with Gasteiger partial charge < -0.3 is 5.32 Å². The molecule has 1 atom stereocenters. The third-order valence-corrected chi connectivity index (χ3v) is 5.11. The molecule has 1 aliphatic rings. The van der Waals surface area contributed by atoms with Crippen LogP contribution in [0, 0.1) is 6.92 Å². The number of rotatable bonds is 4. The van der Waals surface area contributed by atoms with Crippen LogP contribution in [0.4, 0.5) is 5.82 Å². The van der Waals surface area contributed by atoms with Crippen molar-refractivity contribution in [1.29, 1.82) is 0 Å². The fourth-order valence-electron chi connectivity index (χ4n) is 2.69. The third kappa shape index (κ3) is 4.48. The van der Waals surface area contributed by atoms with Gasteiger partial charge in [0, 0.05) is 24.2 Å². The summed E-state index contributed by atoms with van der Waals surface area (Å²) in [6.07, 6.45) is 3.29. The van der Waals surface area contributed by atoms with Gasteiger partial charge in [0.25, 0.3) is 0 Å². The lowest BCUT2D eigenvalue weighted by Gasteiger charge is -2.32. The molecule has 1 N–H and O–H groups in total. The van der Waals surface area contributed by atoms with Crippen molar-refractivity contribution in [2.24, 2.45) is 0 Å². The molecule has 1 amide bonds. The van der Waals surface area contributed by atoms with Crippen LogP contribution in [0.3, 0.4) is 0 Å². The fraction of sp³-hybridized carbons (Fsp3) is 0.667. The predicted octanol–water partition coefficient (Wildman–Crippen LogP) is 1.66. The van der Waals surface area contributed by atoms with Crippen molar-refractivity contribution in [3.8, 4) is 0 Å². The Kier molecular flexibility index (Phi) is 5.36. The largest absolute Gasteiger partial charge is 0.309 e. The van der Waals surface area contributed by atoms with Gasteiger partial charge in [0.2, 0.25) is 15.9 Å². The van der Waals surface area contributed by atoms with E-state index < -0.39 is 16.1 Å². The lowest BCUT2D eigenvalue weighted by atomic mass is 10.0. The van der Waals surface area contributed by atoms with Crippen molar-refractivity contribution in [2.75, 3.05) is 18.1 Å². The maximum Gasteiger partial charge on any atom is 0.243 e. The van der Waals surface area contributed by atoms with Crippen LogP contribution in [0.5, 0.6) is 0 Å². The summed E-state index contributed by atoms with van der Waals surface area (Å²) in [4.78, 5) is 21.2. The first-order chi connectivity index (χ1) is 10.7. The number of piperidine rings is 1. The maximum atomic E-state index is 12.5. The van der Waals surface area contributed by atoms with Gasteiger partial charge >= 0.3 is 0 Å². The van der Waals surface area contributed by atoms with Crippen molar-refractivity contribution < 1.29 is 13.2 Å². The van der Waals surface area contributed by atoms with Crippen LogP contribution in [0.15, 0.2) is 6.07 Å². The van der Waals surface area contributed by atoms with Crippen molar-refractivity contribution in [3.63, 3.8) is 0 Å². The minimum absolute atomic E-state index is 0.146. The monoisotopic (exact) mass is 340 g/mol. The number of aromatic nitrogens is 2. The van der Waals surface area contributed by atoms with Gasteiger partial charge in [-0.05, 0) is 19.8 Å². The second-order valence-electron chi connectivity index (χ2n) is 6.28. The molecule has 128 valence electrons. The third-order valence-electron chi connectivity index (χ3n) is 3.82. The molecule has 8 heteroatoms. The van der Waals surface area contributed by atoms with Gasteiger partial charge in [0.1, 0.15) is 17.7 Å². The van der Waals surface area contributed by atoms with Crippen molar-refractivity contribution in [3.05, 3.63) is 17.6 Å². The van der Waals surface area contributed by atoms with Crippen LogP contribution in [0.2, 0.25) is 0 Å². The van der Waals surface area contributed by atoms with Crippen LogP contribution >= 0.6 is 0 Å². The average molecular weight is 340 g/mol. The molecule has 2 rings (SSSR count). The molecule has 0 aliphatic carbocycles. The predicted molar refractivity (Wildman–Crippen MR) is 88.7 cm³/mol. The van der Waals surface area contributed by atoms with E-state index >= 15 is 0 Å². The minimum Gasteiger partial charge on any atom is -0.309 e. The summed E-state index contributed by atoms with van der Waals surface area (Å²) >= 11 is 0. The lowest BCUT2D eigenvalue weighted by molar-refractivity contribution is -0.120. The van der Waals surface area contributed by atoms with E-state index in [1.807, 2.05) is 20.8 Å². The average Bonchev–Trinajstić information content (AvgIpc) is 2.45. The Balaban J connectivity index is 2.20. The zero-order valence-corrected chi connectivity index (χ0v) is 14.9. The first-order valence-corrected chi connectivity index (χ1v) is 9.66. The summed E-state index contributed by atoms with van der Waals surface area (Å²) in [7, 11) is -3.40. The summed E-state index contributed by atoms with van der Waals surface area (Å²) in [5, 5.41) is 2.75. The summed E-state index contributed by atoms with van der Waals surface area (Å²) in [6.45, 7) is 6.18. The van der Waals surface area contributed by atoms with Crippen molar-refractivity contribution in [2.45, 2.75) is 52.0 Å². The molecule has 1 unspecified atom stereocenters. The highest BCUT2D eigenvalue weighted by Gasteiger charge is 2.34. The molecule has 7 nitrogen and oxygen atoms in total. The number of anilines is 1. The minimum atomic E-state index is -3.40. The molecule has 0 spiro atoms. The zero-order chi connectivity index (χ0) is 17.2. The second-order valence-corrected chi connectivity index (χ2v) is 8.22. The number of nitrogens with zero attached hydrogens (tertiary/aromatic N) is 3. The van der Waals surface area contributed by atoms with Crippen LogP contribution < -0.4 is 5.32 Å². The van der Waals surface area contributed by atoms with Crippen LogP contribution in [0.1, 0.15) is 50.5 Å². The number of hydrogen-bond acceptors (Lipinski definition) is 5. The number of sulfonamides is 1. The number of carbonyl (C=O) groups excluding carboxylic acids is 1. The van der Waals surface area contributed by atoms with Crippen LogP contribution in [-0.2, 0) is 14.8 Å². The van der Waals surface area contributed by atoms with E-state index in [-0.39, 0.29) is 11.8 Å². The molecule has 0 bridgehead atoms. The van der Waals surface area contributed by atoms with E-state index in [9.17, 15) is 13.2 Å². The van der Waals surface area contributed by atoms with Crippen LogP contribution in [0.25, 0.3) is 0 Å². The Labute approximate surface area is 137 Å². The van der Waals surface area contributed by atoms with Crippen molar-refractivity contribution >= 4 is 21.7 Å². The molecule has 1 aliphatic heterocycles. The fourth-order valence-corrected chi connectivity index (χ4v) is 3.81. The highest BCUT2D eigenvalue weighted by atomic mass is 32.2. The Morgan fingerprint density at radius 3 is 2.65 bits per heavy atom. The molecular formula is C15H24N4O3S. The highest BCUT2D eigenvalue weighted by Crippen LogP contribution is 2.21. The quantitative estimate of drug-likeness (QED) is 0.900. The SMILES string of the molecule is Cc1cc(NC(=O)C2CCCCN2S(C)(=O)=O)nc(C(C)C)n1. The standard InChI is InChI=1S/C15H24N4O3S/c1-10(2)14-16-11(3)9-13(17-14)18-15(20)12-7-5-6-8-19(12)23(4,21)22/h9-10,12H,5-8H2,1-4H3,(H,16,17,18,20). The lowest BCUT2D eigenvalue weighted by Crippen LogP contribution is -2.49. The molecule has 1 aromatic rings. The summed E-state index contributed by atoms with van der Waals surface area (Å²) in [5.74, 6) is 0.893. The van der Waals surface area contributed by atoms with Gasteiger partial charge in [-0.3, -0.25) is 4.79 Å². The van der Waals surface area contributed by atoms with E-state index in [0.29, 0.717) is 24.6 Å². The number of aryl methyl sites for hydroxylation is 1. The second kappa shape index (κ2) is 6.92. The van der Waals surface area contributed by atoms with E-state index in [4.69, 9.17) is 0 Å². The smallest absolute Gasteiger partial charge is 0.243 e. The number of amides is 1. The summed E-state index contributed by atoms with van der Waals surface area (Å²) in [6, 6.07) is 1.02. The molecule has 1 fully saturated rings.